The molecule has 22 heavy (non-hydrogen) atoms. The molecular weight excluding hydrogens is 282 g/mol. The molecule has 0 aliphatic carbocycles. The molecule has 4 rings (SSSR count). The molecule has 1 aromatic carbocycles. The van der Waals surface area contributed by atoms with Crippen molar-refractivity contribution >= 4 is 5.82 Å². The van der Waals surface area contributed by atoms with Crippen molar-refractivity contribution in [3.05, 3.63) is 34.9 Å². The lowest BCUT2D eigenvalue weighted by molar-refractivity contribution is -0.220. The van der Waals surface area contributed by atoms with Gasteiger partial charge in [-0.25, -0.2) is 0 Å². The minimum Gasteiger partial charge on any atom is -0.507 e. The van der Waals surface area contributed by atoms with Crippen LogP contribution >= 0.6 is 0 Å². The van der Waals surface area contributed by atoms with E-state index in [-0.39, 0.29) is 11.4 Å². The number of anilines is 1. The number of aromatic hydroxyl groups is 1. The standard InChI is InChI=1S/C16H17N3O3/c1-9-2-3-10(13(20)4-9)14-11-5-16(7-21-8-16)22-6-12(11)15(17)19-18-14/h2-4,20H,5-8H2,1H3,(H2,17,19). The molecule has 3 heterocycles. The number of aromatic nitrogens is 2. The second kappa shape index (κ2) is 4.66. The summed E-state index contributed by atoms with van der Waals surface area (Å²) < 4.78 is 11.2. The first kappa shape index (κ1) is 13.5. The van der Waals surface area contributed by atoms with Gasteiger partial charge in [0.05, 0.1) is 19.8 Å². The summed E-state index contributed by atoms with van der Waals surface area (Å²) in [6.07, 6.45) is 0.671. The zero-order chi connectivity index (χ0) is 15.3. The highest BCUT2D eigenvalue weighted by Gasteiger charge is 2.44. The molecule has 1 saturated heterocycles. The zero-order valence-electron chi connectivity index (χ0n) is 12.3. The van der Waals surface area contributed by atoms with Crippen LogP contribution in [0.15, 0.2) is 18.2 Å². The quantitative estimate of drug-likeness (QED) is 0.831. The Morgan fingerprint density at radius 1 is 1.23 bits per heavy atom. The van der Waals surface area contributed by atoms with Crippen LogP contribution in [0, 0.1) is 6.92 Å². The molecule has 6 heteroatoms. The van der Waals surface area contributed by atoms with Crippen molar-refractivity contribution < 1.29 is 14.6 Å². The minimum absolute atomic E-state index is 0.201. The highest BCUT2D eigenvalue weighted by molar-refractivity contribution is 5.72. The van der Waals surface area contributed by atoms with Crippen LogP contribution in [0.2, 0.25) is 0 Å². The summed E-state index contributed by atoms with van der Waals surface area (Å²) in [5, 5.41) is 18.5. The average molecular weight is 299 g/mol. The van der Waals surface area contributed by atoms with Gasteiger partial charge in [0, 0.05) is 17.5 Å². The summed E-state index contributed by atoms with van der Waals surface area (Å²) >= 11 is 0. The summed E-state index contributed by atoms with van der Waals surface area (Å²) in [7, 11) is 0. The summed E-state index contributed by atoms with van der Waals surface area (Å²) in [4.78, 5) is 0. The maximum Gasteiger partial charge on any atom is 0.151 e. The molecule has 114 valence electrons. The predicted octanol–water partition coefficient (Wildman–Crippen LogP) is 1.58. The minimum atomic E-state index is -0.280. The monoisotopic (exact) mass is 299 g/mol. The van der Waals surface area contributed by atoms with E-state index >= 15 is 0 Å². The lowest BCUT2D eigenvalue weighted by Crippen LogP contribution is -2.55. The Morgan fingerprint density at radius 2 is 2.05 bits per heavy atom. The summed E-state index contributed by atoms with van der Waals surface area (Å²) in [5.74, 6) is 0.590. The number of hydrogen-bond donors (Lipinski definition) is 2. The highest BCUT2D eigenvalue weighted by atomic mass is 16.6. The number of nitrogens with two attached hydrogens (primary N) is 1. The fourth-order valence-corrected chi connectivity index (χ4v) is 3.05. The third kappa shape index (κ3) is 1.95. The molecule has 2 aliphatic heterocycles. The highest BCUT2D eigenvalue weighted by Crippen LogP contribution is 2.40. The molecule has 1 spiro atoms. The van der Waals surface area contributed by atoms with Crippen LogP contribution in [0.4, 0.5) is 5.82 Å². The number of phenols is 1. The molecule has 0 radical (unpaired) electrons. The van der Waals surface area contributed by atoms with Crippen LogP contribution in [0.5, 0.6) is 5.75 Å². The number of aryl methyl sites for hydroxylation is 1. The van der Waals surface area contributed by atoms with E-state index in [9.17, 15) is 5.11 Å². The van der Waals surface area contributed by atoms with Crippen molar-refractivity contribution in [3.8, 4) is 17.0 Å². The normalized spacial score (nSPS) is 18.8. The smallest absolute Gasteiger partial charge is 0.151 e. The lowest BCUT2D eigenvalue weighted by Gasteiger charge is -2.44. The van der Waals surface area contributed by atoms with E-state index in [1.807, 2.05) is 19.1 Å². The lowest BCUT2D eigenvalue weighted by atomic mass is 9.85. The van der Waals surface area contributed by atoms with Gasteiger partial charge in [0.25, 0.3) is 0 Å². The number of ether oxygens (including phenoxy) is 2. The van der Waals surface area contributed by atoms with Gasteiger partial charge in [-0.05, 0) is 30.2 Å². The first-order chi connectivity index (χ1) is 10.6. The molecule has 1 fully saturated rings. The molecule has 0 amide bonds. The first-order valence-electron chi connectivity index (χ1n) is 7.24. The largest absolute Gasteiger partial charge is 0.507 e. The Labute approximate surface area is 127 Å². The van der Waals surface area contributed by atoms with Gasteiger partial charge in [0.1, 0.15) is 17.0 Å². The third-order valence-corrected chi connectivity index (χ3v) is 4.38. The van der Waals surface area contributed by atoms with Gasteiger partial charge in [0.15, 0.2) is 5.82 Å². The predicted molar refractivity (Wildman–Crippen MR) is 80.3 cm³/mol. The van der Waals surface area contributed by atoms with Gasteiger partial charge in [-0.15, -0.1) is 10.2 Å². The number of fused-ring (bicyclic) bond motifs is 1. The topological polar surface area (TPSA) is 90.5 Å². The molecule has 6 nitrogen and oxygen atoms in total. The average Bonchev–Trinajstić information content (AvgIpc) is 2.47. The van der Waals surface area contributed by atoms with Crippen molar-refractivity contribution in [2.45, 2.75) is 25.6 Å². The molecule has 2 aromatic rings. The second-order valence-corrected chi connectivity index (χ2v) is 6.05. The van der Waals surface area contributed by atoms with Crippen molar-refractivity contribution in [1.82, 2.24) is 10.2 Å². The molecule has 0 atom stereocenters. The van der Waals surface area contributed by atoms with Crippen molar-refractivity contribution in [2.24, 2.45) is 0 Å². The summed E-state index contributed by atoms with van der Waals surface area (Å²) in [6.45, 7) is 3.49. The van der Waals surface area contributed by atoms with Crippen LogP contribution < -0.4 is 5.73 Å². The fraction of sp³-hybridized carbons (Fsp3) is 0.375. The van der Waals surface area contributed by atoms with Gasteiger partial charge in [-0.3, -0.25) is 0 Å². The van der Waals surface area contributed by atoms with E-state index in [1.165, 1.54) is 0 Å². The Morgan fingerprint density at radius 3 is 2.73 bits per heavy atom. The van der Waals surface area contributed by atoms with E-state index in [0.29, 0.717) is 43.3 Å². The van der Waals surface area contributed by atoms with Gasteiger partial charge in [0.2, 0.25) is 0 Å². The molecule has 0 saturated carbocycles. The number of hydrogen-bond acceptors (Lipinski definition) is 6. The van der Waals surface area contributed by atoms with E-state index in [4.69, 9.17) is 15.2 Å². The number of rotatable bonds is 1. The van der Waals surface area contributed by atoms with Crippen LogP contribution in [0.3, 0.4) is 0 Å². The van der Waals surface area contributed by atoms with E-state index in [2.05, 4.69) is 10.2 Å². The van der Waals surface area contributed by atoms with Crippen LogP contribution in [0.1, 0.15) is 16.7 Å². The van der Waals surface area contributed by atoms with Gasteiger partial charge < -0.3 is 20.3 Å². The van der Waals surface area contributed by atoms with Crippen molar-refractivity contribution in [2.75, 3.05) is 18.9 Å². The van der Waals surface area contributed by atoms with E-state index < -0.39 is 0 Å². The Balaban J connectivity index is 1.87. The SMILES string of the molecule is Cc1ccc(-c2nnc(N)c3c2CC2(COC2)OC3)c(O)c1. The second-order valence-electron chi connectivity index (χ2n) is 6.05. The molecule has 2 aliphatic rings. The molecular formula is C16H17N3O3. The number of benzene rings is 1. The van der Waals surface area contributed by atoms with Crippen molar-refractivity contribution in [3.63, 3.8) is 0 Å². The zero-order valence-corrected chi connectivity index (χ0v) is 12.3. The molecule has 3 N–H and O–H groups in total. The van der Waals surface area contributed by atoms with E-state index in [0.717, 1.165) is 16.7 Å². The van der Waals surface area contributed by atoms with E-state index in [1.54, 1.807) is 6.07 Å². The number of phenolic OH excluding ortho intramolecular Hbond substituents is 1. The van der Waals surface area contributed by atoms with Crippen LogP contribution in [-0.4, -0.2) is 34.1 Å². The number of nitrogen functional groups attached to an aromatic ring is 1. The molecule has 1 aromatic heterocycles. The van der Waals surface area contributed by atoms with Crippen LogP contribution in [0.25, 0.3) is 11.3 Å². The number of nitrogens with zero attached hydrogens (tertiary/aromatic N) is 2. The van der Waals surface area contributed by atoms with Crippen LogP contribution in [-0.2, 0) is 22.5 Å². The van der Waals surface area contributed by atoms with Gasteiger partial charge in [-0.2, -0.15) is 0 Å². The Bertz CT molecular complexity index is 757. The maximum absolute atomic E-state index is 10.3. The Kier molecular flexibility index (Phi) is 2.85. The summed E-state index contributed by atoms with van der Waals surface area (Å²) in [5.41, 5.74) is 9.88. The maximum atomic E-state index is 10.3. The Hall–Kier alpha value is -2.18. The molecule has 0 unspecified atom stereocenters. The van der Waals surface area contributed by atoms with Gasteiger partial charge in [-0.1, -0.05) is 6.07 Å². The summed E-state index contributed by atoms with van der Waals surface area (Å²) in [6, 6.07) is 5.53. The van der Waals surface area contributed by atoms with Gasteiger partial charge >= 0.3 is 0 Å². The fourth-order valence-electron chi connectivity index (χ4n) is 3.05. The third-order valence-electron chi connectivity index (χ3n) is 4.38. The first-order valence-corrected chi connectivity index (χ1v) is 7.24. The molecule has 0 bridgehead atoms. The van der Waals surface area contributed by atoms with Crippen molar-refractivity contribution in [1.29, 1.82) is 0 Å².